The molecule has 0 aromatic heterocycles. The molecule has 0 saturated heterocycles. The molecule has 0 fully saturated rings. The number of hydrogen-bond donors (Lipinski definition) is 1. The van der Waals surface area contributed by atoms with Crippen molar-refractivity contribution >= 4 is 27.5 Å². The summed E-state index contributed by atoms with van der Waals surface area (Å²) in [5.74, 6) is 1.42. The Morgan fingerprint density at radius 1 is 1.42 bits per heavy atom. The fourth-order valence-electron chi connectivity index (χ4n) is 1.55. The zero-order valence-electron chi connectivity index (χ0n) is 11.2. The summed E-state index contributed by atoms with van der Waals surface area (Å²) in [6.45, 7) is 5.46. The van der Waals surface area contributed by atoms with E-state index in [0.29, 0.717) is 25.5 Å². The lowest BCUT2D eigenvalue weighted by molar-refractivity contribution is 0.291. The quantitative estimate of drug-likeness (QED) is 0.813. The number of rotatable bonds is 7. The fourth-order valence-corrected chi connectivity index (χ4v) is 2.22. The Hall–Kier alpha value is -0.710. The second-order valence-electron chi connectivity index (χ2n) is 4.12. The van der Waals surface area contributed by atoms with E-state index in [1.807, 2.05) is 26.0 Å². The summed E-state index contributed by atoms with van der Waals surface area (Å²) in [6, 6.07) is 3.97. The largest absolute Gasteiger partial charge is 0.490 e. The Labute approximate surface area is 127 Å². The van der Waals surface area contributed by atoms with Crippen molar-refractivity contribution in [2.45, 2.75) is 20.3 Å². The maximum atomic E-state index is 5.75. The summed E-state index contributed by atoms with van der Waals surface area (Å²) in [5.41, 5.74) is 9.16. The highest BCUT2D eigenvalue weighted by molar-refractivity contribution is 9.10. The molecule has 0 aliphatic heterocycles. The molecule has 0 atom stereocenters. The Balaban J connectivity index is 2.99. The fraction of sp³-hybridized carbons (Fsp3) is 0.429. The van der Waals surface area contributed by atoms with Gasteiger partial charge >= 0.3 is 0 Å². The van der Waals surface area contributed by atoms with Crippen LogP contribution in [0, 0.1) is 0 Å². The Morgan fingerprint density at radius 2 is 2.16 bits per heavy atom. The molecule has 0 amide bonds. The smallest absolute Gasteiger partial charge is 0.175 e. The molecule has 1 aromatic rings. The van der Waals surface area contributed by atoms with E-state index in [9.17, 15) is 0 Å². The maximum absolute atomic E-state index is 5.75. The topological polar surface area (TPSA) is 44.5 Å². The standard InChI is InChI=1S/C14H19BrClNO2/c1-3-18-13-7-11(4-5-17)6-12(15)14(13)19-9-10(2)8-16/h6-8H,3-5,9,17H2,1-2H3/b10-8+. The van der Waals surface area contributed by atoms with Gasteiger partial charge in [0.05, 0.1) is 11.1 Å². The van der Waals surface area contributed by atoms with Crippen LogP contribution in [0.5, 0.6) is 11.5 Å². The third-order valence-electron chi connectivity index (χ3n) is 2.43. The van der Waals surface area contributed by atoms with E-state index < -0.39 is 0 Å². The first-order valence-corrected chi connectivity index (χ1v) is 7.39. The van der Waals surface area contributed by atoms with E-state index in [4.69, 9.17) is 26.8 Å². The van der Waals surface area contributed by atoms with Gasteiger partial charge in [-0.25, -0.2) is 0 Å². The van der Waals surface area contributed by atoms with E-state index in [0.717, 1.165) is 27.8 Å². The number of nitrogens with two attached hydrogens (primary N) is 1. The van der Waals surface area contributed by atoms with Crippen LogP contribution < -0.4 is 15.2 Å². The molecule has 3 nitrogen and oxygen atoms in total. The second-order valence-corrected chi connectivity index (χ2v) is 5.19. The normalized spacial score (nSPS) is 11.5. The average molecular weight is 349 g/mol. The van der Waals surface area contributed by atoms with Gasteiger partial charge in [-0.15, -0.1) is 0 Å². The van der Waals surface area contributed by atoms with Crippen molar-refractivity contribution < 1.29 is 9.47 Å². The monoisotopic (exact) mass is 347 g/mol. The molecule has 106 valence electrons. The zero-order valence-corrected chi connectivity index (χ0v) is 13.6. The molecule has 2 N–H and O–H groups in total. The summed E-state index contributed by atoms with van der Waals surface area (Å²) in [5, 5.41) is 0. The minimum absolute atomic E-state index is 0.429. The molecule has 19 heavy (non-hydrogen) atoms. The lowest BCUT2D eigenvalue weighted by Gasteiger charge is -2.15. The van der Waals surface area contributed by atoms with Gasteiger partial charge in [0, 0.05) is 5.54 Å². The van der Waals surface area contributed by atoms with Crippen LogP contribution >= 0.6 is 27.5 Å². The molecule has 1 rings (SSSR count). The first-order valence-electron chi connectivity index (χ1n) is 6.16. The molecule has 0 heterocycles. The predicted octanol–water partition coefficient (Wildman–Crippen LogP) is 3.87. The van der Waals surface area contributed by atoms with Gasteiger partial charge < -0.3 is 15.2 Å². The number of benzene rings is 1. The summed E-state index contributed by atoms with van der Waals surface area (Å²) < 4.78 is 12.2. The summed E-state index contributed by atoms with van der Waals surface area (Å²) in [7, 11) is 0. The van der Waals surface area contributed by atoms with Crippen LogP contribution in [0.2, 0.25) is 0 Å². The van der Waals surface area contributed by atoms with E-state index in [2.05, 4.69) is 15.9 Å². The zero-order chi connectivity index (χ0) is 14.3. The number of halogens is 2. The van der Waals surface area contributed by atoms with Crippen molar-refractivity contribution in [3.8, 4) is 11.5 Å². The molecule has 0 unspecified atom stereocenters. The van der Waals surface area contributed by atoms with Gasteiger partial charge in [0.15, 0.2) is 11.5 Å². The average Bonchev–Trinajstić information content (AvgIpc) is 2.38. The summed E-state index contributed by atoms with van der Waals surface area (Å²) >= 11 is 9.14. The molecule has 5 heteroatoms. The van der Waals surface area contributed by atoms with E-state index in [-0.39, 0.29) is 0 Å². The molecule has 0 bridgehead atoms. The van der Waals surface area contributed by atoms with Crippen molar-refractivity contribution in [2.75, 3.05) is 19.8 Å². The summed E-state index contributed by atoms with van der Waals surface area (Å²) in [4.78, 5) is 0. The maximum Gasteiger partial charge on any atom is 0.175 e. The van der Waals surface area contributed by atoms with Crippen molar-refractivity contribution in [2.24, 2.45) is 5.73 Å². The third-order valence-corrected chi connectivity index (χ3v) is 3.39. The first-order chi connectivity index (χ1) is 9.12. The Morgan fingerprint density at radius 3 is 2.74 bits per heavy atom. The van der Waals surface area contributed by atoms with Gasteiger partial charge in [0.25, 0.3) is 0 Å². The van der Waals surface area contributed by atoms with Crippen LogP contribution in [0.25, 0.3) is 0 Å². The molecule has 1 aromatic carbocycles. The van der Waals surface area contributed by atoms with E-state index in [1.54, 1.807) is 0 Å². The van der Waals surface area contributed by atoms with Gasteiger partial charge in [0.1, 0.15) is 6.61 Å². The minimum atomic E-state index is 0.429. The van der Waals surface area contributed by atoms with Gasteiger partial charge in [-0.2, -0.15) is 0 Å². The number of hydrogen-bond acceptors (Lipinski definition) is 3. The Bertz CT molecular complexity index is 449. The first kappa shape index (κ1) is 16.3. The third kappa shape index (κ3) is 5.05. The number of ether oxygens (including phenoxy) is 2. The molecule has 0 spiro atoms. The SMILES string of the molecule is CCOc1cc(CCN)cc(Br)c1OC/C(C)=C/Cl. The van der Waals surface area contributed by atoms with Gasteiger partial charge in [-0.05, 0) is 66.0 Å². The van der Waals surface area contributed by atoms with Gasteiger partial charge in [0.2, 0.25) is 0 Å². The molecule has 0 aliphatic rings. The highest BCUT2D eigenvalue weighted by atomic mass is 79.9. The predicted molar refractivity (Wildman–Crippen MR) is 83.2 cm³/mol. The van der Waals surface area contributed by atoms with Crippen LogP contribution in [-0.2, 0) is 6.42 Å². The molecular weight excluding hydrogens is 330 g/mol. The highest BCUT2D eigenvalue weighted by Gasteiger charge is 2.12. The molecular formula is C14H19BrClNO2. The molecule has 0 aliphatic carbocycles. The molecule has 0 radical (unpaired) electrons. The lowest BCUT2D eigenvalue weighted by atomic mass is 10.1. The Kier molecular flexibility index (Phi) is 7.28. The highest BCUT2D eigenvalue weighted by Crippen LogP contribution is 2.37. The van der Waals surface area contributed by atoms with Crippen LogP contribution in [0.4, 0.5) is 0 Å². The van der Waals surface area contributed by atoms with E-state index in [1.165, 1.54) is 5.54 Å². The van der Waals surface area contributed by atoms with Crippen molar-refractivity contribution in [1.82, 2.24) is 0 Å². The van der Waals surface area contributed by atoms with Crippen molar-refractivity contribution in [3.05, 3.63) is 33.3 Å². The van der Waals surface area contributed by atoms with E-state index >= 15 is 0 Å². The van der Waals surface area contributed by atoms with Crippen LogP contribution in [-0.4, -0.2) is 19.8 Å². The van der Waals surface area contributed by atoms with Crippen LogP contribution in [0.15, 0.2) is 27.7 Å². The van der Waals surface area contributed by atoms with Crippen molar-refractivity contribution in [3.63, 3.8) is 0 Å². The van der Waals surface area contributed by atoms with Crippen molar-refractivity contribution in [1.29, 1.82) is 0 Å². The van der Waals surface area contributed by atoms with Crippen LogP contribution in [0.1, 0.15) is 19.4 Å². The molecule has 0 saturated carbocycles. The lowest BCUT2D eigenvalue weighted by Crippen LogP contribution is -2.06. The van der Waals surface area contributed by atoms with Gasteiger partial charge in [-0.1, -0.05) is 11.6 Å². The summed E-state index contributed by atoms with van der Waals surface area (Å²) in [6.07, 6.45) is 0.805. The minimum Gasteiger partial charge on any atom is -0.490 e. The van der Waals surface area contributed by atoms with Gasteiger partial charge in [-0.3, -0.25) is 0 Å². The second kappa shape index (κ2) is 8.46. The van der Waals surface area contributed by atoms with Crippen LogP contribution in [0.3, 0.4) is 0 Å².